The molecule has 0 atom stereocenters. The summed E-state index contributed by atoms with van der Waals surface area (Å²) in [6.07, 6.45) is 6.24. The number of ether oxygens (including phenoxy) is 1. The first kappa shape index (κ1) is 12.7. The lowest BCUT2D eigenvalue weighted by atomic mass is 10.0. The van der Waals surface area contributed by atoms with Crippen LogP contribution < -0.4 is 5.73 Å². The van der Waals surface area contributed by atoms with E-state index in [1.54, 1.807) is 12.1 Å². The predicted molar refractivity (Wildman–Crippen MR) is 76.0 cm³/mol. The number of methoxy groups -OCH3 is 1. The highest BCUT2D eigenvalue weighted by Crippen LogP contribution is 2.25. The Morgan fingerprint density at radius 3 is 2.95 bits per heavy atom. The molecule has 0 saturated heterocycles. The third-order valence-corrected chi connectivity index (χ3v) is 3.75. The zero-order valence-electron chi connectivity index (χ0n) is 11.4. The fraction of sp³-hybridized carbons (Fsp3) is 0.333. The second kappa shape index (κ2) is 5.00. The Bertz CT molecular complexity index is 661. The molecule has 0 aliphatic heterocycles. The summed E-state index contributed by atoms with van der Waals surface area (Å²) in [6.45, 7) is 0. The number of nitrogens with two attached hydrogens (primary N) is 1. The van der Waals surface area contributed by atoms with Crippen LogP contribution in [0.3, 0.4) is 0 Å². The molecule has 0 spiro atoms. The quantitative estimate of drug-likeness (QED) is 0.671. The maximum absolute atomic E-state index is 11.7. The highest BCUT2D eigenvalue weighted by molar-refractivity contribution is 5.95. The highest BCUT2D eigenvalue weighted by atomic mass is 16.5. The summed E-state index contributed by atoms with van der Waals surface area (Å²) in [5.74, 6) is -0.418. The van der Waals surface area contributed by atoms with Crippen LogP contribution in [0.5, 0.6) is 0 Å². The van der Waals surface area contributed by atoms with E-state index in [0.29, 0.717) is 11.3 Å². The molecule has 20 heavy (non-hydrogen) atoms. The number of imidazole rings is 1. The van der Waals surface area contributed by atoms with Gasteiger partial charge in [0, 0.05) is 17.1 Å². The lowest BCUT2D eigenvalue weighted by molar-refractivity contribution is 0.0602. The van der Waals surface area contributed by atoms with Gasteiger partial charge in [-0.25, -0.2) is 9.78 Å². The van der Waals surface area contributed by atoms with E-state index < -0.39 is 5.97 Å². The van der Waals surface area contributed by atoms with Crippen molar-refractivity contribution in [2.45, 2.75) is 25.7 Å². The van der Waals surface area contributed by atoms with Crippen LogP contribution in [-0.2, 0) is 17.6 Å². The number of rotatable bonds is 2. The van der Waals surface area contributed by atoms with Gasteiger partial charge in [-0.1, -0.05) is 0 Å². The van der Waals surface area contributed by atoms with Crippen LogP contribution in [0.15, 0.2) is 24.5 Å². The van der Waals surface area contributed by atoms with Gasteiger partial charge in [0.05, 0.1) is 24.7 Å². The topological polar surface area (TPSA) is 70.1 Å². The van der Waals surface area contributed by atoms with Crippen molar-refractivity contribution in [1.82, 2.24) is 9.55 Å². The Balaban J connectivity index is 2.06. The van der Waals surface area contributed by atoms with Crippen molar-refractivity contribution < 1.29 is 9.53 Å². The van der Waals surface area contributed by atoms with E-state index in [1.807, 2.05) is 17.0 Å². The van der Waals surface area contributed by atoms with Gasteiger partial charge in [-0.2, -0.15) is 0 Å². The lowest BCUT2D eigenvalue weighted by Gasteiger charge is -2.15. The van der Waals surface area contributed by atoms with Crippen LogP contribution in [0.25, 0.3) is 5.69 Å². The first-order valence-electron chi connectivity index (χ1n) is 6.74. The van der Waals surface area contributed by atoms with Gasteiger partial charge < -0.3 is 15.0 Å². The van der Waals surface area contributed by atoms with Gasteiger partial charge >= 0.3 is 5.97 Å². The van der Waals surface area contributed by atoms with Crippen molar-refractivity contribution in [1.29, 1.82) is 0 Å². The maximum atomic E-state index is 11.7. The van der Waals surface area contributed by atoms with Crippen molar-refractivity contribution in [3.8, 4) is 5.69 Å². The van der Waals surface area contributed by atoms with Crippen LogP contribution in [0.4, 0.5) is 5.69 Å². The summed E-state index contributed by atoms with van der Waals surface area (Å²) < 4.78 is 6.80. The van der Waals surface area contributed by atoms with Crippen LogP contribution >= 0.6 is 0 Å². The molecule has 0 radical (unpaired) electrons. The Kier molecular flexibility index (Phi) is 3.18. The Morgan fingerprint density at radius 1 is 1.35 bits per heavy atom. The van der Waals surface area contributed by atoms with Crippen molar-refractivity contribution >= 4 is 11.7 Å². The van der Waals surface area contributed by atoms with Crippen LogP contribution in [0.2, 0.25) is 0 Å². The molecule has 1 aromatic heterocycles. The second-order valence-corrected chi connectivity index (χ2v) is 4.98. The molecule has 2 N–H and O–H groups in total. The number of aryl methyl sites for hydroxylation is 1. The Morgan fingerprint density at radius 2 is 2.15 bits per heavy atom. The minimum absolute atomic E-state index is 0.392. The lowest BCUT2D eigenvalue weighted by Crippen LogP contribution is -2.09. The van der Waals surface area contributed by atoms with Crippen LogP contribution in [-0.4, -0.2) is 22.6 Å². The molecule has 0 fully saturated rings. The molecule has 0 unspecified atom stereocenters. The summed E-state index contributed by atoms with van der Waals surface area (Å²) >= 11 is 0. The average Bonchev–Trinajstić information content (AvgIpc) is 2.91. The largest absolute Gasteiger partial charge is 0.465 e. The molecular formula is C15H17N3O2. The highest BCUT2D eigenvalue weighted by Gasteiger charge is 2.17. The number of nitrogen functional groups attached to an aromatic ring is 1. The number of anilines is 1. The molecule has 0 saturated carbocycles. The summed E-state index contributed by atoms with van der Waals surface area (Å²) in [4.78, 5) is 16.2. The number of hydrogen-bond donors (Lipinski definition) is 1. The third kappa shape index (κ3) is 2.05. The molecule has 2 aromatic rings. The van der Waals surface area contributed by atoms with Crippen molar-refractivity contribution in [2.24, 2.45) is 0 Å². The molecule has 104 valence electrons. The van der Waals surface area contributed by atoms with Gasteiger partial charge in [-0.15, -0.1) is 0 Å². The van der Waals surface area contributed by atoms with Crippen molar-refractivity contribution in [2.75, 3.05) is 12.8 Å². The van der Waals surface area contributed by atoms with Gasteiger partial charge in [0.2, 0.25) is 0 Å². The van der Waals surface area contributed by atoms with Gasteiger partial charge in [0.25, 0.3) is 0 Å². The minimum atomic E-state index is -0.418. The Hall–Kier alpha value is -2.30. The molecule has 5 nitrogen and oxygen atoms in total. The summed E-state index contributed by atoms with van der Waals surface area (Å²) in [7, 11) is 1.35. The molecular weight excluding hydrogens is 254 g/mol. The molecule has 1 aromatic carbocycles. The molecule has 5 heteroatoms. The number of aromatic nitrogens is 2. The first-order chi connectivity index (χ1) is 9.70. The summed E-state index contributed by atoms with van der Waals surface area (Å²) in [5.41, 5.74) is 9.94. The predicted octanol–water partition coefficient (Wildman–Crippen LogP) is 2.12. The van der Waals surface area contributed by atoms with E-state index in [2.05, 4.69) is 4.98 Å². The molecule has 0 amide bonds. The zero-order chi connectivity index (χ0) is 14.1. The monoisotopic (exact) mass is 271 g/mol. The van der Waals surface area contributed by atoms with Gasteiger partial charge in [-0.05, 0) is 43.9 Å². The van der Waals surface area contributed by atoms with E-state index >= 15 is 0 Å². The zero-order valence-corrected chi connectivity index (χ0v) is 11.4. The third-order valence-electron chi connectivity index (χ3n) is 3.75. The smallest absolute Gasteiger partial charge is 0.340 e. The number of nitrogens with zero attached hydrogens (tertiary/aromatic N) is 2. The number of carbonyl (C=O) groups excluding carboxylic acids is 1. The van der Waals surface area contributed by atoms with Crippen LogP contribution in [0, 0.1) is 0 Å². The SMILES string of the molecule is COC(=O)c1cc(-n2cnc3c2CCCC3)ccc1N. The van der Waals surface area contributed by atoms with Gasteiger partial charge in [0.1, 0.15) is 0 Å². The fourth-order valence-electron chi connectivity index (χ4n) is 2.67. The number of carbonyl (C=O) groups is 1. The number of esters is 1. The maximum Gasteiger partial charge on any atom is 0.340 e. The van der Waals surface area contributed by atoms with Crippen molar-refractivity contribution in [3.63, 3.8) is 0 Å². The average molecular weight is 271 g/mol. The number of fused-ring (bicyclic) bond motifs is 1. The molecule has 0 bridgehead atoms. The molecule has 1 aliphatic rings. The molecule has 1 heterocycles. The summed E-state index contributed by atoms with van der Waals surface area (Å²) in [5, 5.41) is 0. The number of benzene rings is 1. The summed E-state index contributed by atoms with van der Waals surface area (Å²) in [6, 6.07) is 5.40. The van der Waals surface area contributed by atoms with Crippen LogP contribution in [0.1, 0.15) is 34.6 Å². The minimum Gasteiger partial charge on any atom is -0.465 e. The van der Waals surface area contributed by atoms with E-state index in [-0.39, 0.29) is 0 Å². The molecule has 3 rings (SSSR count). The second-order valence-electron chi connectivity index (χ2n) is 4.98. The number of hydrogen-bond acceptors (Lipinski definition) is 4. The fourth-order valence-corrected chi connectivity index (χ4v) is 2.67. The van der Waals surface area contributed by atoms with E-state index in [1.165, 1.54) is 25.6 Å². The van der Waals surface area contributed by atoms with E-state index in [4.69, 9.17) is 10.5 Å². The van der Waals surface area contributed by atoms with Gasteiger partial charge in [0.15, 0.2) is 0 Å². The Labute approximate surface area is 117 Å². The van der Waals surface area contributed by atoms with Gasteiger partial charge in [-0.3, -0.25) is 0 Å². The van der Waals surface area contributed by atoms with Crippen molar-refractivity contribution in [3.05, 3.63) is 41.5 Å². The normalized spacial score (nSPS) is 13.8. The van der Waals surface area contributed by atoms with E-state index in [0.717, 1.165) is 24.2 Å². The van der Waals surface area contributed by atoms with E-state index in [9.17, 15) is 4.79 Å². The standard InChI is InChI=1S/C15H17N3O2/c1-20-15(19)11-8-10(6-7-12(11)16)18-9-17-13-4-2-3-5-14(13)18/h6-9H,2-5,16H2,1H3. The first-order valence-corrected chi connectivity index (χ1v) is 6.74. The molecule has 1 aliphatic carbocycles.